The molecule has 1 aromatic rings. The Bertz CT molecular complexity index is 854. The Balaban J connectivity index is 2.19. The first-order valence-electron chi connectivity index (χ1n) is 10.3. The van der Waals surface area contributed by atoms with E-state index in [-0.39, 0.29) is 23.3 Å². The number of sulfonamides is 1. The van der Waals surface area contributed by atoms with Crippen LogP contribution in [0.1, 0.15) is 46.1 Å². The zero-order chi connectivity index (χ0) is 22.4. The van der Waals surface area contributed by atoms with E-state index in [1.807, 2.05) is 33.8 Å². The van der Waals surface area contributed by atoms with Crippen molar-refractivity contribution in [3.8, 4) is 0 Å². The normalized spacial score (nSPS) is 16.4. The van der Waals surface area contributed by atoms with Crippen LogP contribution >= 0.6 is 0 Å². The first-order valence-corrected chi connectivity index (χ1v) is 11.8. The highest BCUT2D eigenvalue weighted by Gasteiger charge is 2.27. The van der Waals surface area contributed by atoms with Gasteiger partial charge < -0.3 is 15.0 Å². The minimum absolute atomic E-state index is 0.0801. The van der Waals surface area contributed by atoms with E-state index in [2.05, 4.69) is 14.9 Å². The highest BCUT2D eigenvalue weighted by atomic mass is 32.2. The zero-order valence-electron chi connectivity index (χ0n) is 18.6. The monoisotopic (exact) mass is 438 g/mol. The van der Waals surface area contributed by atoms with E-state index in [0.717, 1.165) is 5.96 Å². The Morgan fingerprint density at radius 3 is 2.43 bits per heavy atom. The fourth-order valence-corrected chi connectivity index (χ4v) is 5.09. The molecule has 30 heavy (non-hydrogen) atoms. The van der Waals surface area contributed by atoms with Crippen molar-refractivity contribution in [1.29, 1.82) is 0 Å². The third-order valence-electron chi connectivity index (χ3n) is 4.77. The van der Waals surface area contributed by atoms with Crippen LogP contribution in [0.3, 0.4) is 0 Å². The highest BCUT2D eigenvalue weighted by Crippen LogP contribution is 2.21. The molecule has 0 saturated carbocycles. The largest absolute Gasteiger partial charge is 0.469 e. The number of rotatable bonds is 6. The smallest absolute Gasteiger partial charge is 0.308 e. The SMILES string of the molecule is CCNC(=NCc1ccccc1S(=O)(=O)NC(C)(C)C)N1CCC(C(=O)OC)CC1. The van der Waals surface area contributed by atoms with Crippen LogP contribution in [0.2, 0.25) is 0 Å². The number of hydrogen-bond donors (Lipinski definition) is 2. The minimum atomic E-state index is -3.66. The molecule has 2 N–H and O–H groups in total. The quantitative estimate of drug-likeness (QED) is 0.401. The fourth-order valence-electron chi connectivity index (χ4n) is 3.43. The number of nitrogens with one attached hydrogen (secondary N) is 2. The number of nitrogens with zero attached hydrogens (tertiary/aromatic N) is 2. The van der Waals surface area contributed by atoms with E-state index >= 15 is 0 Å². The van der Waals surface area contributed by atoms with Gasteiger partial charge in [0, 0.05) is 25.2 Å². The van der Waals surface area contributed by atoms with Crippen LogP contribution in [-0.2, 0) is 26.1 Å². The van der Waals surface area contributed by atoms with Crippen molar-refractivity contribution in [1.82, 2.24) is 14.9 Å². The lowest BCUT2D eigenvalue weighted by Crippen LogP contribution is -2.46. The molecule has 0 radical (unpaired) electrons. The van der Waals surface area contributed by atoms with Crippen molar-refractivity contribution in [3.63, 3.8) is 0 Å². The van der Waals surface area contributed by atoms with E-state index < -0.39 is 15.6 Å². The van der Waals surface area contributed by atoms with Crippen molar-refractivity contribution in [3.05, 3.63) is 29.8 Å². The molecule has 0 bridgehead atoms. The van der Waals surface area contributed by atoms with Crippen molar-refractivity contribution in [2.24, 2.45) is 10.9 Å². The molecule has 0 aliphatic carbocycles. The molecule has 0 amide bonds. The van der Waals surface area contributed by atoms with Crippen molar-refractivity contribution < 1.29 is 17.9 Å². The first-order chi connectivity index (χ1) is 14.1. The third-order valence-corrected chi connectivity index (χ3v) is 6.62. The maximum atomic E-state index is 12.8. The van der Waals surface area contributed by atoms with Gasteiger partial charge in [-0.25, -0.2) is 18.1 Å². The molecular formula is C21H34N4O4S. The molecule has 168 valence electrons. The Kier molecular flexibility index (Phi) is 8.25. The highest BCUT2D eigenvalue weighted by molar-refractivity contribution is 7.89. The summed E-state index contributed by atoms with van der Waals surface area (Å²) in [7, 11) is -2.24. The second kappa shape index (κ2) is 10.3. The van der Waals surface area contributed by atoms with E-state index in [4.69, 9.17) is 9.73 Å². The summed E-state index contributed by atoms with van der Waals surface area (Å²) >= 11 is 0. The van der Waals surface area contributed by atoms with Gasteiger partial charge in [-0.05, 0) is 52.2 Å². The number of likely N-dealkylation sites (tertiary alicyclic amines) is 1. The third kappa shape index (κ3) is 6.70. The maximum Gasteiger partial charge on any atom is 0.308 e. The molecule has 1 heterocycles. The summed E-state index contributed by atoms with van der Waals surface area (Å²) in [5, 5.41) is 3.27. The molecule has 0 unspecified atom stereocenters. The first kappa shape index (κ1) is 24.1. The number of esters is 1. The maximum absolute atomic E-state index is 12.8. The lowest BCUT2D eigenvalue weighted by molar-refractivity contribution is -0.146. The molecule has 1 saturated heterocycles. The lowest BCUT2D eigenvalue weighted by atomic mass is 9.97. The molecule has 0 spiro atoms. The summed E-state index contributed by atoms with van der Waals surface area (Å²) in [6.45, 7) is 9.74. The minimum Gasteiger partial charge on any atom is -0.469 e. The summed E-state index contributed by atoms with van der Waals surface area (Å²) in [4.78, 5) is 18.8. The molecule has 1 aliphatic heterocycles. The van der Waals surface area contributed by atoms with Crippen LogP contribution in [0.5, 0.6) is 0 Å². The molecular weight excluding hydrogens is 404 g/mol. The van der Waals surface area contributed by atoms with Crippen LogP contribution in [0, 0.1) is 5.92 Å². The molecule has 1 aliphatic rings. The number of benzene rings is 1. The Hall–Kier alpha value is -2.13. The number of methoxy groups -OCH3 is 1. The van der Waals surface area contributed by atoms with Gasteiger partial charge in [0.1, 0.15) is 0 Å². The van der Waals surface area contributed by atoms with E-state index in [1.165, 1.54) is 7.11 Å². The van der Waals surface area contributed by atoms with Gasteiger partial charge in [0.15, 0.2) is 5.96 Å². The van der Waals surface area contributed by atoms with Crippen LogP contribution in [0.15, 0.2) is 34.2 Å². The Morgan fingerprint density at radius 1 is 1.23 bits per heavy atom. The van der Waals surface area contributed by atoms with Crippen molar-refractivity contribution in [2.75, 3.05) is 26.7 Å². The van der Waals surface area contributed by atoms with Gasteiger partial charge in [-0.3, -0.25) is 4.79 Å². The van der Waals surface area contributed by atoms with Gasteiger partial charge >= 0.3 is 5.97 Å². The van der Waals surface area contributed by atoms with Crippen LogP contribution in [0.4, 0.5) is 0 Å². The summed E-state index contributed by atoms with van der Waals surface area (Å²) in [5.74, 6) is 0.474. The number of piperidine rings is 1. The molecule has 1 aromatic carbocycles. The van der Waals surface area contributed by atoms with Gasteiger partial charge in [-0.15, -0.1) is 0 Å². The molecule has 8 nitrogen and oxygen atoms in total. The van der Waals surface area contributed by atoms with Crippen LogP contribution < -0.4 is 10.0 Å². The molecule has 0 atom stereocenters. The van der Waals surface area contributed by atoms with E-state index in [9.17, 15) is 13.2 Å². The van der Waals surface area contributed by atoms with E-state index in [0.29, 0.717) is 38.0 Å². The molecule has 2 rings (SSSR count). The van der Waals surface area contributed by atoms with Gasteiger partial charge in [0.05, 0.1) is 24.5 Å². The standard InChI is InChI=1S/C21H34N4O4S/c1-6-22-20(25-13-11-16(12-14-25)19(26)29-5)23-15-17-9-7-8-10-18(17)30(27,28)24-21(2,3)4/h7-10,16,24H,6,11-15H2,1-5H3,(H,22,23). The Labute approximate surface area is 180 Å². The summed E-state index contributed by atoms with van der Waals surface area (Å²) in [6, 6.07) is 6.92. The van der Waals surface area contributed by atoms with Crippen molar-refractivity contribution >= 4 is 22.0 Å². The van der Waals surface area contributed by atoms with Gasteiger partial charge in [0.25, 0.3) is 0 Å². The average Bonchev–Trinajstić information content (AvgIpc) is 2.69. The molecule has 9 heteroatoms. The predicted molar refractivity (Wildman–Crippen MR) is 118 cm³/mol. The molecule has 1 fully saturated rings. The topological polar surface area (TPSA) is 100 Å². The summed E-state index contributed by atoms with van der Waals surface area (Å²) in [6.07, 6.45) is 1.41. The van der Waals surface area contributed by atoms with Gasteiger partial charge in [-0.1, -0.05) is 18.2 Å². The second-order valence-corrected chi connectivity index (χ2v) is 10.1. The number of carbonyl (C=O) groups excluding carboxylic acids is 1. The van der Waals surface area contributed by atoms with E-state index in [1.54, 1.807) is 18.2 Å². The number of guanidine groups is 1. The number of aliphatic imine (C=N–C) groups is 1. The van der Waals surface area contributed by atoms with Crippen LogP contribution in [0.25, 0.3) is 0 Å². The molecule has 0 aromatic heterocycles. The van der Waals surface area contributed by atoms with Gasteiger partial charge in [0.2, 0.25) is 10.0 Å². The summed E-state index contributed by atoms with van der Waals surface area (Å²) < 4.78 is 33.2. The second-order valence-electron chi connectivity index (χ2n) is 8.42. The predicted octanol–water partition coefficient (Wildman–Crippen LogP) is 2.11. The zero-order valence-corrected chi connectivity index (χ0v) is 19.4. The number of carbonyl (C=O) groups is 1. The average molecular weight is 439 g/mol. The lowest BCUT2D eigenvalue weighted by Gasteiger charge is -2.33. The fraction of sp³-hybridized carbons (Fsp3) is 0.619. The van der Waals surface area contributed by atoms with Crippen LogP contribution in [-0.4, -0.2) is 57.5 Å². The van der Waals surface area contributed by atoms with Gasteiger partial charge in [-0.2, -0.15) is 0 Å². The van der Waals surface area contributed by atoms with Crippen molar-refractivity contribution in [2.45, 2.75) is 57.5 Å². The number of hydrogen-bond acceptors (Lipinski definition) is 5. The number of ether oxygens (including phenoxy) is 1. The summed E-state index contributed by atoms with van der Waals surface area (Å²) in [5.41, 5.74) is 0.0581. The Morgan fingerprint density at radius 2 is 1.87 bits per heavy atom.